The molecule has 0 spiro atoms. The second kappa shape index (κ2) is 12.0. The molecule has 37 heavy (non-hydrogen) atoms. The Hall–Kier alpha value is -4.47. The third-order valence-electron chi connectivity index (χ3n) is 5.23. The van der Waals surface area contributed by atoms with Crippen LogP contribution in [0.25, 0.3) is 11.3 Å². The normalized spacial score (nSPS) is 10.8. The fraction of sp³-hybridized carbons (Fsp3) is 0.148. The lowest BCUT2D eigenvalue weighted by Crippen LogP contribution is -2.11. The molecule has 0 amide bonds. The molecule has 0 aliphatic heterocycles. The van der Waals surface area contributed by atoms with E-state index in [1.165, 1.54) is 24.5 Å². The molecule has 2 aromatic heterocycles. The molecule has 0 saturated heterocycles. The number of nitrogens with zero attached hydrogens (tertiary/aromatic N) is 3. The van der Waals surface area contributed by atoms with Crippen molar-refractivity contribution in [3.63, 3.8) is 0 Å². The van der Waals surface area contributed by atoms with Crippen molar-refractivity contribution >= 4 is 11.6 Å². The van der Waals surface area contributed by atoms with E-state index in [2.05, 4.69) is 32.6 Å². The Kier molecular flexibility index (Phi) is 8.78. The van der Waals surface area contributed by atoms with Crippen molar-refractivity contribution in [1.29, 1.82) is 0 Å². The molecule has 6 nitrogen and oxygen atoms in total. The average Bonchev–Trinajstić information content (AvgIpc) is 2.86. The monoisotopic (exact) mass is 510 g/mol. The molecule has 10 heteroatoms. The van der Waals surface area contributed by atoms with E-state index in [1.54, 1.807) is 6.20 Å². The molecule has 0 atom stereocenters. The molecule has 4 rings (SSSR count). The van der Waals surface area contributed by atoms with Crippen molar-refractivity contribution < 1.29 is 17.6 Å². The van der Waals surface area contributed by atoms with Crippen LogP contribution in [0.15, 0.2) is 79.9 Å². The number of aromatic nitrogens is 3. The third kappa shape index (κ3) is 7.50. The van der Waals surface area contributed by atoms with Gasteiger partial charge >= 0.3 is 0 Å². The lowest BCUT2D eigenvalue weighted by Gasteiger charge is -2.16. The summed E-state index contributed by atoms with van der Waals surface area (Å²) >= 11 is 0. The standard InChI is InChI=1S/C25H21F4N5.C2H5N/c1-25(28,29)19-10-18(8-16-4-7-20(26)21(27)9-16)24(34-12-19)33-11-15-2-5-17(6-3-15)22-13-32-23(30)14-31-22;1-2-3/h2-7,9-10,12-14H,8,11H2,1H3,(H2,30,32)(H,33,34);2H,1,3H2. The summed E-state index contributed by atoms with van der Waals surface area (Å²) < 4.78 is 54.7. The van der Waals surface area contributed by atoms with Crippen LogP contribution in [0, 0.1) is 11.6 Å². The largest absolute Gasteiger partial charge is 0.405 e. The van der Waals surface area contributed by atoms with Gasteiger partial charge in [-0.3, -0.25) is 4.98 Å². The maximum Gasteiger partial charge on any atom is 0.272 e. The summed E-state index contributed by atoms with van der Waals surface area (Å²) in [7, 11) is 0. The highest BCUT2D eigenvalue weighted by Gasteiger charge is 2.26. The SMILES string of the molecule is C=CN.CC(F)(F)c1cnc(NCc2ccc(-c3cnc(N)cn3)cc2)c(Cc2ccc(F)c(F)c2)c1. The number of alkyl halides is 2. The number of benzene rings is 2. The molecule has 192 valence electrons. The van der Waals surface area contributed by atoms with Gasteiger partial charge in [-0.1, -0.05) is 36.9 Å². The summed E-state index contributed by atoms with van der Waals surface area (Å²) in [5.74, 6) is -4.34. The fourth-order valence-electron chi connectivity index (χ4n) is 3.38. The van der Waals surface area contributed by atoms with E-state index in [0.29, 0.717) is 35.0 Å². The minimum Gasteiger partial charge on any atom is -0.405 e. The van der Waals surface area contributed by atoms with Crippen LogP contribution >= 0.6 is 0 Å². The molecule has 0 unspecified atom stereocenters. The first-order valence-electron chi connectivity index (χ1n) is 11.1. The van der Waals surface area contributed by atoms with Crippen LogP contribution in [0.4, 0.5) is 29.2 Å². The molecule has 0 saturated carbocycles. The zero-order valence-corrected chi connectivity index (χ0v) is 20.1. The number of nitrogens with two attached hydrogens (primary N) is 2. The second-order valence-electron chi connectivity index (χ2n) is 8.16. The maximum absolute atomic E-state index is 13.9. The van der Waals surface area contributed by atoms with Crippen LogP contribution < -0.4 is 16.8 Å². The van der Waals surface area contributed by atoms with Crippen LogP contribution in [-0.4, -0.2) is 15.0 Å². The molecule has 0 fully saturated rings. The van der Waals surface area contributed by atoms with Crippen molar-refractivity contribution in [2.24, 2.45) is 5.73 Å². The molecule has 4 aromatic rings. The average molecular weight is 511 g/mol. The Morgan fingerprint density at radius 3 is 2.19 bits per heavy atom. The highest BCUT2D eigenvalue weighted by Crippen LogP contribution is 2.30. The summed E-state index contributed by atoms with van der Waals surface area (Å²) in [6.45, 7) is 4.29. The van der Waals surface area contributed by atoms with E-state index in [4.69, 9.17) is 5.73 Å². The van der Waals surface area contributed by atoms with Crippen LogP contribution in [-0.2, 0) is 18.9 Å². The minimum absolute atomic E-state index is 0.102. The number of hydrogen-bond acceptors (Lipinski definition) is 6. The van der Waals surface area contributed by atoms with Gasteiger partial charge in [0.15, 0.2) is 11.6 Å². The molecular weight excluding hydrogens is 484 g/mol. The van der Waals surface area contributed by atoms with Crippen LogP contribution in [0.5, 0.6) is 0 Å². The molecule has 0 aliphatic rings. The van der Waals surface area contributed by atoms with E-state index in [9.17, 15) is 17.6 Å². The van der Waals surface area contributed by atoms with Crippen LogP contribution in [0.1, 0.15) is 29.2 Å². The first kappa shape index (κ1) is 27.1. The summed E-state index contributed by atoms with van der Waals surface area (Å²) in [4.78, 5) is 12.4. The predicted octanol–water partition coefficient (Wildman–Crippen LogP) is 5.80. The Morgan fingerprint density at radius 2 is 1.59 bits per heavy atom. The number of hydrogen-bond donors (Lipinski definition) is 3. The smallest absolute Gasteiger partial charge is 0.272 e. The molecule has 2 heterocycles. The number of nitrogen functional groups attached to an aromatic ring is 1. The Morgan fingerprint density at radius 1 is 0.919 bits per heavy atom. The summed E-state index contributed by atoms with van der Waals surface area (Å²) in [6, 6.07) is 12.4. The molecule has 2 aromatic carbocycles. The lowest BCUT2D eigenvalue weighted by atomic mass is 10.0. The van der Waals surface area contributed by atoms with Gasteiger partial charge in [0.05, 0.1) is 18.1 Å². The number of pyridine rings is 1. The second-order valence-corrected chi connectivity index (χ2v) is 8.16. The van der Waals surface area contributed by atoms with Crippen molar-refractivity contribution in [1.82, 2.24) is 15.0 Å². The maximum atomic E-state index is 13.9. The van der Waals surface area contributed by atoms with Gasteiger partial charge in [0.25, 0.3) is 5.92 Å². The van der Waals surface area contributed by atoms with Gasteiger partial charge in [-0.25, -0.2) is 27.5 Å². The van der Waals surface area contributed by atoms with Gasteiger partial charge in [-0.15, -0.1) is 0 Å². The van der Waals surface area contributed by atoms with Crippen molar-refractivity contribution in [2.75, 3.05) is 11.1 Å². The van der Waals surface area contributed by atoms with Gasteiger partial charge in [0.2, 0.25) is 0 Å². The van der Waals surface area contributed by atoms with Gasteiger partial charge in [0.1, 0.15) is 11.6 Å². The van der Waals surface area contributed by atoms with Crippen molar-refractivity contribution in [3.8, 4) is 11.3 Å². The number of nitrogens with one attached hydrogen (secondary N) is 1. The molecule has 5 N–H and O–H groups in total. The van der Waals surface area contributed by atoms with Gasteiger partial charge in [-0.2, -0.15) is 0 Å². The highest BCUT2D eigenvalue weighted by molar-refractivity contribution is 5.59. The van der Waals surface area contributed by atoms with Gasteiger partial charge in [-0.05, 0) is 41.1 Å². The van der Waals surface area contributed by atoms with E-state index in [1.807, 2.05) is 24.3 Å². The topological polar surface area (TPSA) is 103 Å². The first-order chi connectivity index (χ1) is 17.6. The van der Waals surface area contributed by atoms with Crippen LogP contribution in [0.2, 0.25) is 0 Å². The highest BCUT2D eigenvalue weighted by atomic mass is 19.3. The Bertz CT molecular complexity index is 1340. The van der Waals surface area contributed by atoms with E-state index >= 15 is 0 Å². The van der Waals surface area contributed by atoms with Gasteiger partial charge in [0, 0.05) is 37.2 Å². The van der Waals surface area contributed by atoms with E-state index < -0.39 is 17.6 Å². The van der Waals surface area contributed by atoms with E-state index in [0.717, 1.165) is 36.4 Å². The predicted molar refractivity (Wildman–Crippen MR) is 137 cm³/mol. The number of rotatable bonds is 7. The number of halogens is 4. The third-order valence-corrected chi connectivity index (χ3v) is 5.23. The van der Waals surface area contributed by atoms with E-state index in [-0.39, 0.29) is 12.0 Å². The Labute approximate surface area is 212 Å². The van der Waals surface area contributed by atoms with Crippen molar-refractivity contribution in [3.05, 3.63) is 114 Å². The van der Waals surface area contributed by atoms with Crippen LogP contribution in [0.3, 0.4) is 0 Å². The zero-order valence-electron chi connectivity index (χ0n) is 20.1. The molecule has 0 bridgehead atoms. The van der Waals surface area contributed by atoms with Gasteiger partial charge < -0.3 is 16.8 Å². The number of anilines is 2. The molecular formula is C27H26F4N6. The fourth-order valence-corrected chi connectivity index (χ4v) is 3.38. The quantitative estimate of drug-likeness (QED) is 0.272. The zero-order chi connectivity index (χ0) is 27.0. The molecule has 0 radical (unpaired) electrons. The minimum atomic E-state index is -3.09. The summed E-state index contributed by atoms with van der Waals surface area (Å²) in [6.07, 6.45) is 5.53. The Balaban J connectivity index is 0.00000121. The lowest BCUT2D eigenvalue weighted by molar-refractivity contribution is 0.0171. The molecule has 0 aliphatic carbocycles. The van der Waals surface area contributed by atoms with Crippen molar-refractivity contribution in [2.45, 2.75) is 25.8 Å². The summed E-state index contributed by atoms with van der Waals surface area (Å²) in [5.41, 5.74) is 13.3. The summed E-state index contributed by atoms with van der Waals surface area (Å²) in [5, 5.41) is 3.15. The first-order valence-corrected chi connectivity index (χ1v) is 11.1.